The molecule has 0 amide bonds. The molecule has 54 heavy (non-hydrogen) atoms. The predicted molar refractivity (Wildman–Crippen MR) is 215 cm³/mol. The van der Waals surface area contributed by atoms with E-state index in [-0.39, 0.29) is 5.41 Å². The van der Waals surface area contributed by atoms with E-state index in [1.165, 1.54) is 0 Å². The van der Waals surface area contributed by atoms with Crippen LogP contribution < -0.4 is 11.5 Å². The first-order valence-electron chi connectivity index (χ1n) is 17.4. The standard InChI is InChI=1S/C40H36Cl2N12/c1-6-28-38(43)49-36(33(47-28)24-15-22-8-7-11-45-31(22)26(41)17-24)30-10-13-54(52-30)20-21-14-23-16-25(18-27(42)32(23)46-19-21)34-35(29-9-12-53(5)51-29)50-39(44)37(48-34)40(2,3)4/h7-19H,6,20H2,1-5H3,(H2,43,49)(H2,44,50). The van der Waals surface area contributed by atoms with Crippen LogP contribution >= 0.6 is 23.2 Å². The molecule has 6 aromatic heterocycles. The lowest BCUT2D eigenvalue weighted by atomic mass is 9.91. The first-order chi connectivity index (χ1) is 25.9. The fourth-order valence-corrected chi connectivity index (χ4v) is 7.12. The quantitative estimate of drug-likeness (QED) is 0.162. The van der Waals surface area contributed by atoms with Crippen molar-refractivity contribution in [3.8, 4) is 45.3 Å². The molecule has 12 nitrogen and oxygen atoms in total. The summed E-state index contributed by atoms with van der Waals surface area (Å²) in [7, 11) is 1.86. The van der Waals surface area contributed by atoms with Gasteiger partial charge in [0.15, 0.2) is 0 Å². The number of halogens is 2. The smallest absolute Gasteiger partial charge is 0.146 e. The summed E-state index contributed by atoms with van der Waals surface area (Å²) >= 11 is 13.6. The minimum Gasteiger partial charge on any atom is -0.382 e. The number of benzene rings is 2. The van der Waals surface area contributed by atoms with Gasteiger partial charge in [0.05, 0.1) is 50.4 Å². The van der Waals surface area contributed by atoms with Gasteiger partial charge in [-0.25, -0.2) is 19.9 Å². The highest BCUT2D eigenvalue weighted by molar-refractivity contribution is 6.36. The van der Waals surface area contributed by atoms with Gasteiger partial charge in [-0.1, -0.05) is 57.0 Å². The number of hydrogen-bond donors (Lipinski definition) is 2. The summed E-state index contributed by atoms with van der Waals surface area (Å²) in [5.41, 5.74) is 21.4. The van der Waals surface area contributed by atoms with Gasteiger partial charge in [0.1, 0.15) is 34.4 Å². The average molecular weight is 756 g/mol. The number of nitrogens with zero attached hydrogens (tertiary/aromatic N) is 10. The average Bonchev–Trinajstić information content (AvgIpc) is 3.79. The van der Waals surface area contributed by atoms with Crippen molar-refractivity contribution in [2.24, 2.45) is 7.05 Å². The molecule has 0 bridgehead atoms. The molecule has 0 atom stereocenters. The van der Waals surface area contributed by atoms with Crippen LogP contribution in [0.15, 0.2) is 79.4 Å². The Kier molecular flexibility index (Phi) is 8.74. The van der Waals surface area contributed by atoms with Crippen LogP contribution in [0.1, 0.15) is 44.6 Å². The maximum absolute atomic E-state index is 6.89. The molecular weight excluding hydrogens is 719 g/mol. The number of hydrogen-bond acceptors (Lipinski definition) is 10. The summed E-state index contributed by atoms with van der Waals surface area (Å²) < 4.78 is 3.55. The zero-order valence-corrected chi connectivity index (χ0v) is 31.8. The second-order valence-electron chi connectivity index (χ2n) is 14.2. The molecule has 0 fully saturated rings. The van der Waals surface area contributed by atoms with Crippen molar-refractivity contribution in [1.29, 1.82) is 0 Å². The zero-order chi connectivity index (χ0) is 37.9. The molecule has 4 N–H and O–H groups in total. The number of anilines is 2. The normalized spacial score (nSPS) is 11.9. The van der Waals surface area contributed by atoms with Gasteiger partial charge in [0.2, 0.25) is 0 Å². The minimum atomic E-state index is -0.345. The largest absolute Gasteiger partial charge is 0.382 e. The van der Waals surface area contributed by atoms with Gasteiger partial charge in [-0.05, 0) is 60.5 Å². The second-order valence-corrected chi connectivity index (χ2v) is 15.0. The Morgan fingerprint density at radius 1 is 0.704 bits per heavy atom. The molecule has 0 unspecified atom stereocenters. The van der Waals surface area contributed by atoms with Gasteiger partial charge < -0.3 is 11.5 Å². The van der Waals surface area contributed by atoms with Crippen LogP contribution in [0.2, 0.25) is 10.0 Å². The third-order valence-electron chi connectivity index (χ3n) is 9.15. The number of nitrogen functional groups attached to an aromatic ring is 2. The van der Waals surface area contributed by atoms with E-state index in [4.69, 9.17) is 64.7 Å². The number of aryl methyl sites for hydroxylation is 2. The van der Waals surface area contributed by atoms with Gasteiger partial charge >= 0.3 is 0 Å². The van der Waals surface area contributed by atoms with Gasteiger partial charge in [0.25, 0.3) is 0 Å². The van der Waals surface area contributed by atoms with Gasteiger partial charge in [0, 0.05) is 59.1 Å². The molecule has 6 heterocycles. The summed E-state index contributed by atoms with van der Waals surface area (Å²) in [5, 5.41) is 12.3. The molecule has 2 aromatic carbocycles. The van der Waals surface area contributed by atoms with E-state index in [1.807, 2.05) is 79.6 Å². The van der Waals surface area contributed by atoms with Crippen molar-refractivity contribution >= 4 is 56.6 Å². The zero-order valence-electron chi connectivity index (χ0n) is 30.3. The molecule has 0 saturated heterocycles. The monoisotopic (exact) mass is 754 g/mol. The first-order valence-corrected chi connectivity index (χ1v) is 18.1. The van der Waals surface area contributed by atoms with Crippen LogP contribution in [0, 0.1) is 0 Å². The van der Waals surface area contributed by atoms with Crippen molar-refractivity contribution in [3.63, 3.8) is 0 Å². The van der Waals surface area contributed by atoms with Crippen molar-refractivity contribution in [1.82, 2.24) is 49.5 Å². The van der Waals surface area contributed by atoms with Crippen molar-refractivity contribution in [2.75, 3.05) is 11.5 Å². The molecule has 8 aromatic rings. The first kappa shape index (κ1) is 35.1. The molecule has 270 valence electrons. The summed E-state index contributed by atoms with van der Waals surface area (Å²) in [6.45, 7) is 8.59. The third kappa shape index (κ3) is 6.48. The van der Waals surface area contributed by atoms with E-state index in [0.29, 0.717) is 85.7 Å². The lowest BCUT2D eigenvalue weighted by molar-refractivity contribution is 0.570. The Morgan fingerprint density at radius 2 is 1.35 bits per heavy atom. The fraction of sp³-hybridized carbons (Fsp3) is 0.200. The van der Waals surface area contributed by atoms with E-state index >= 15 is 0 Å². The lowest BCUT2D eigenvalue weighted by Gasteiger charge is -2.21. The number of rotatable bonds is 7. The van der Waals surface area contributed by atoms with Gasteiger partial charge in [-0.2, -0.15) is 10.2 Å². The maximum Gasteiger partial charge on any atom is 0.146 e. The van der Waals surface area contributed by atoms with E-state index in [1.54, 1.807) is 17.1 Å². The highest BCUT2D eigenvalue weighted by Gasteiger charge is 2.25. The number of nitrogens with two attached hydrogens (primary N) is 2. The SMILES string of the molecule is CCc1nc(-c2cc(Cl)c3ncccc3c2)c(-c2ccn(Cc3cnc4c(Cl)cc(-c5nc(C(C)(C)C)c(N)nc5-c5ccn(C)n5)cc4c3)n2)nc1N. The second kappa shape index (κ2) is 13.5. The molecule has 0 aliphatic rings. The van der Waals surface area contributed by atoms with Gasteiger partial charge in [-0.3, -0.25) is 19.3 Å². The van der Waals surface area contributed by atoms with E-state index < -0.39 is 0 Å². The summed E-state index contributed by atoms with van der Waals surface area (Å²) in [5.74, 6) is 0.721. The highest BCUT2D eigenvalue weighted by Crippen LogP contribution is 2.38. The Bertz CT molecular complexity index is 2750. The topological polar surface area (TPSA) is 165 Å². The van der Waals surface area contributed by atoms with E-state index in [9.17, 15) is 0 Å². The molecule has 0 radical (unpaired) electrons. The summed E-state index contributed by atoms with van der Waals surface area (Å²) in [6.07, 6.45) is 7.90. The predicted octanol–water partition coefficient (Wildman–Crippen LogP) is 8.34. The number of pyridine rings is 2. The molecule has 0 spiro atoms. The Hall–Kier alpha value is -5.98. The fourth-order valence-electron chi connectivity index (χ4n) is 6.57. The molecule has 0 aliphatic carbocycles. The van der Waals surface area contributed by atoms with Crippen molar-refractivity contribution in [3.05, 3.63) is 106 Å². The van der Waals surface area contributed by atoms with Crippen LogP contribution in [-0.4, -0.2) is 49.5 Å². The van der Waals surface area contributed by atoms with Gasteiger partial charge in [-0.15, -0.1) is 0 Å². The van der Waals surface area contributed by atoms with Crippen LogP contribution in [0.25, 0.3) is 67.1 Å². The Morgan fingerprint density at radius 3 is 2.04 bits per heavy atom. The van der Waals surface area contributed by atoms with E-state index in [2.05, 4.69) is 36.9 Å². The molecule has 14 heteroatoms. The van der Waals surface area contributed by atoms with Crippen LogP contribution in [0.3, 0.4) is 0 Å². The summed E-state index contributed by atoms with van der Waals surface area (Å²) in [6, 6.07) is 17.4. The molecule has 8 rings (SSSR count). The Balaban J connectivity index is 1.17. The van der Waals surface area contributed by atoms with E-state index in [0.717, 1.165) is 33.0 Å². The molecular formula is C40H36Cl2N12. The number of aromatic nitrogens is 10. The van der Waals surface area contributed by atoms with Crippen LogP contribution in [-0.2, 0) is 25.4 Å². The third-order valence-corrected chi connectivity index (χ3v) is 9.73. The van der Waals surface area contributed by atoms with Crippen LogP contribution in [0.4, 0.5) is 11.6 Å². The maximum atomic E-state index is 6.89. The lowest BCUT2D eigenvalue weighted by Crippen LogP contribution is -2.18. The van der Waals surface area contributed by atoms with Crippen molar-refractivity contribution < 1.29 is 0 Å². The van der Waals surface area contributed by atoms with Crippen LogP contribution in [0.5, 0.6) is 0 Å². The van der Waals surface area contributed by atoms with Crippen molar-refractivity contribution in [2.45, 2.75) is 46.1 Å². The number of fused-ring (bicyclic) bond motifs is 2. The highest BCUT2D eigenvalue weighted by atomic mass is 35.5. The minimum absolute atomic E-state index is 0.345. The Labute approximate surface area is 321 Å². The molecule has 0 aliphatic heterocycles. The summed E-state index contributed by atoms with van der Waals surface area (Å²) in [4.78, 5) is 28.8. The molecule has 0 saturated carbocycles.